The number of carbonyl (C=O) groups excluding carboxylic acids is 1. The van der Waals surface area contributed by atoms with E-state index < -0.39 is 5.97 Å². The van der Waals surface area contributed by atoms with Crippen LogP contribution in [0.15, 0.2) is 29.9 Å². The van der Waals surface area contributed by atoms with Crippen molar-refractivity contribution in [2.24, 2.45) is 0 Å². The number of nitrogens with zero attached hydrogens (tertiary/aromatic N) is 2. The van der Waals surface area contributed by atoms with Gasteiger partial charge in [0.15, 0.2) is 0 Å². The Balaban J connectivity index is 2.39. The number of thiazole rings is 1. The van der Waals surface area contributed by atoms with Gasteiger partial charge in [0, 0.05) is 23.3 Å². The van der Waals surface area contributed by atoms with Crippen LogP contribution in [0.5, 0.6) is 0 Å². The maximum absolute atomic E-state index is 10.5. The minimum Gasteiger partial charge on any atom is -0.543 e. The Morgan fingerprint density at radius 3 is 2.64 bits per heavy atom. The number of pyridine rings is 1. The number of rotatable bonds is 2. The molecule has 4 nitrogen and oxygen atoms in total. The van der Waals surface area contributed by atoms with E-state index in [1.165, 1.54) is 16.7 Å². The third kappa shape index (κ3) is 1.62. The van der Waals surface area contributed by atoms with Crippen molar-refractivity contribution >= 4 is 17.3 Å². The van der Waals surface area contributed by atoms with Gasteiger partial charge in [-0.15, -0.1) is 11.3 Å². The molecule has 14 heavy (non-hydrogen) atoms. The fourth-order valence-electron chi connectivity index (χ4n) is 0.995. The summed E-state index contributed by atoms with van der Waals surface area (Å²) in [6.45, 7) is 0. The van der Waals surface area contributed by atoms with Gasteiger partial charge < -0.3 is 9.90 Å². The Morgan fingerprint density at radius 2 is 2.07 bits per heavy atom. The molecule has 0 aliphatic carbocycles. The van der Waals surface area contributed by atoms with Crippen LogP contribution >= 0.6 is 11.3 Å². The first-order chi connectivity index (χ1) is 6.77. The van der Waals surface area contributed by atoms with Gasteiger partial charge in [-0.3, -0.25) is 4.98 Å². The van der Waals surface area contributed by atoms with Crippen molar-refractivity contribution in [3.05, 3.63) is 35.6 Å². The summed E-state index contributed by atoms with van der Waals surface area (Å²) in [5.74, 6) is -1.25. The predicted octanol–water partition coefficient (Wildman–Crippen LogP) is 0.569. The highest BCUT2D eigenvalue weighted by molar-refractivity contribution is 7.13. The molecular weight excluding hydrogens is 200 g/mol. The second-order valence-corrected chi connectivity index (χ2v) is 3.42. The number of aromatic carboxylic acids is 1. The molecule has 70 valence electrons. The molecule has 0 fully saturated rings. The Bertz CT molecular complexity index is 453. The molecule has 0 aliphatic heterocycles. The molecule has 5 heteroatoms. The minimum absolute atomic E-state index is 0.0261. The van der Waals surface area contributed by atoms with E-state index in [9.17, 15) is 9.90 Å². The van der Waals surface area contributed by atoms with Gasteiger partial charge in [-0.05, 0) is 12.1 Å². The molecule has 0 aliphatic rings. The molecule has 2 aromatic heterocycles. The lowest BCUT2D eigenvalue weighted by atomic mass is 10.3. The van der Waals surface area contributed by atoms with Gasteiger partial charge in [0.2, 0.25) is 0 Å². The SMILES string of the molecule is O=C([O-])c1csc(-c2ccncc2)n1. The van der Waals surface area contributed by atoms with Crippen molar-refractivity contribution in [2.45, 2.75) is 0 Å². The van der Waals surface area contributed by atoms with E-state index in [1.54, 1.807) is 24.5 Å². The zero-order chi connectivity index (χ0) is 9.97. The van der Waals surface area contributed by atoms with Crippen LogP contribution < -0.4 is 5.11 Å². The van der Waals surface area contributed by atoms with Crippen LogP contribution in [-0.2, 0) is 0 Å². The topological polar surface area (TPSA) is 65.9 Å². The lowest BCUT2D eigenvalue weighted by Crippen LogP contribution is -2.22. The molecule has 0 radical (unpaired) electrons. The van der Waals surface area contributed by atoms with E-state index in [0.717, 1.165) is 5.56 Å². The first kappa shape index (κ1) is 8.83. The van der Waals surface area contributed by atoms with Crippen LogP contribution in [0, 0.1) is 0 Å². The molecule has 2 heterocycles. The van der Waals surface area contributed by atoms with E-state index in [4.69, 9.17) is 0 Å². The molecule has 0 atom stereocenters. The summed E-state index contributed by atoms with van der Waals surface area (Å²) < 4.78 is 0. The largest absolute Gasteiger partial charge is 0.543 e. The Kier molecular flexibility index (Phi) is 2.24. The number of hydrogen-bond donors (Lipinski definition) is 0. The highest BCUT2D eigenvalue weighted by Crippen LogP contribution is 2.22. The fraction of sp³-hybridized carbons (Fsp3) is 0. The number of carboxylic acids is 1. The molecule has 0 bridgehead atoms. The van der Waals surface area contributed by atoms with Crippen molar-refractivity contribution in [1.82, 2.24) is 9.97 Å². The van der Waals surface area contributed by atoms with Gasteiger partial charge in [-0.2, -0.15) is 0 Å². The van der Waals surface area contributed by atoms with Gasteiger partial charge >= 0.3 is 0 Å². The molecular formula is C9H5N2O2S-. The van der Waals surface area contributed by atoms with Crippen LogP contribution in [0.1, 0.15) is 10.5 Å². The summed E-state index contributed by atoms with van der Waals surface area (Å²) >= 11 is 1.27. The second kappa shape index (κ2) is 3.55. The van der Waals surface area contributed by atoms with Gasteiger partial charge in [-0.25, -0.2) is 4.98 Å². The third-order valence-electron chi connectivity index (χ3n) is 1.64. The maximum Gasteiger partial charge on any atom is 0.124 e. The number of hydrogen-bond acceptors (Lipinski definition) is 5. The van der Waals surface area contributed by atoms with Crippen LogP contribution in [0.3, 0.4) is 0 Å². The van der Waals surface area contributed by atoms with Gasteiger partial charge in [0.25, 0.3) is 0 Å². The smallest absolute Gasteiger partial charge is 0.124 e. The summed E-state index contributed by atoms with van der Waals surface area (Å²) in [7, 11) is 0. The summed E-state index contributed by atoms with van der Waals surface area (Å²) in [6.07, 6.45) is 3.27. The molecule has 0 spiro atoms. The second-order valence-electron chi connectivity index (χ2n) is 2.56. The minimum atomic E-state index is -1.25. The summed E-state index contributed by atoms with van der Waals surface area (Å²) in [4.78, 5) is 18.2. The van der Waals surface area contributed by atoms with Crippen molar-refractivity contribution in [1.29, 1.82) is 0 Å². The zero-order valence-electron chi connectivity index (χ0n) is 7.01. The quantitative estimate of drug-likeness (QED) is 0.718. The average Bonchev–Trinajstić information content (AvgIpc) is 2.68. The van der Waals surface area contributed by atoms with Gasteiger partial charge in [-0.1, -0.05) is 0 Å². The van der Waals surface area contributed by atoms with E-state index in [2.05, 4.69) is 9.97 Å². The monoisotopic (exact) mass is 205 g/mol. The lowest BCUT2D eigenvalue weighted by Gasteiger charge is -1.95. The number of carboxylic acid groups (broad SMARTS) is 1. The average molecular weight is 205 g/mol. The van der Waals surface area contributed by atoms with E-state index in [0.29, 0.717) is 5.01 Å². The lowest BCUT2D eigenvalue weighted by molar-refractivity contribution is -0.255. The van der Waals surface area contributed by atoms with Gasteiger partial charge in [0.1, 0.15) is 5.01 Å². The normalized spacial score (nSPS) is 10.0. The van der Waals surface area contributed by atoms with Crippen LogP contribution in [0.25, 0.3) is 10.6 Å². The highest BCUT2D eigenvalue weighted by atomic mass is 32.1. The molecule has 0 saturated carbocycles. The van der Waals surface area contributed by atoms with Crippen LogP contribution in [-0.4, -0.2) is 15.9 Å². The van der Waals surface area contributed by atoms with E-state index >= 15 is 0 Å². The highest BCUT2D eigenvalue weighted by Gasteiger charge is 2.04. The molecule has 0 N–H and O–H groups in total. The van der Waals surface area contributed by atoms with Crippen molar-refractivity contribution in [3.8, 4) is 10.6 Å². The summed E-state index contributed by atoms with van der Waals surface area (Å²) in [6, 6.07) is 3.55. The van der Waals surface area contributed by atoms with Crippen molar-refractivity contribution in [3.63, 3.8) is 0 Å². The first-order valence-corrected chi connectivity index (χ1v) is 4.72. The molecule has 0 saturated heterocycles. The van der Waals surface area contributed by atoms with E-state index in [-0.39, 0.29) is 5.69 Å². The Morgan fingerprint density at radius 1 is 1.36 bits per heavy atom. The molecule has 2 rings (SSSR count). The zero-order valence-corrected chi connectivity index (χ0v) is 7.82. The molecule has 0 amide bonds. The van der Waals surface area contributed by atoms with Crippen LogP contribution in [0.2, 0.25) is 0 Å². The standard InChI is InChI=1S/C9H6N2O2S/c12-9(13)7-5-14-8(11-7)6-1-3-10-4-2-6/h1-5H,(H,12,13)/p-1. The van der Waals surface area contributed by atoms with Crippen molar-refractivity contribution in [2.75, 3.05) is 0 Å². The molecule has 0 unspecified atom stereocenters. The third-order valence-corrected chi connectivity index (χ3v) is 2.53. The van der Waals surface area contributed by atoms with Crippen molar-refractivity contribution < 1.29 is 9.90 Å². The Hall–Kier alpha value is -1.75. The summed E-state index contributed by atoms with van der Waals surface area (Å²) in [5.41, 5.74) is 0.833. The number of aromatic nitrogens is 2. The number of carbonyl (C=O) groups is 1. The van der Waals surface area contributed by atoms with Gasteiger partial charge in [0.05, 0.1) is 11.7 Å². The molecule has 2 aromatic rings. The predicted molar refractivity (Wildman–Crippen MR) is 49.7 cm³/mol. The van der Waals surface area contributed by atoms with Crippen LogP contribution in [0.4, 0.5) is 0 Å². The molecule has 0 aromatic carbocycles. The Labute approximate surface area is 83.9 Å². The summed E-state index contributed by atoms with van der Waals surface area (Å²) in [5, 5.41) is 12.6. The maximum atomic E-state index is 10.5. The fourth-order valence-corrected chi connectivity index (χ4v) is 1.79. The first-order valence-electron chi connectivity index (χ1n) is 3.84. The van der Waals surface area contributed by atoms with E-state index in [1.807, 2.05) is 0 Å².